The highest BCUT2D eigenvalue weighted by Gasteiger charge is 2.16. The molecule has 0 aliphatic rings. The number of ether oxygens (including phenoxy) is 2. The molecule has 2 aromatic rings. The normalized spacial score (nSPS) is 11.3. The van der Waals surface area contributed by atoms with Crippen molar-refractivity contribution in [2.75, 3.05) is 19.4 Å². The number of halogens is 2. The van der Waals surface area contributed by atoms with Gasteiger partial charge in [-0.25, -0.2) is 8.42 Å². The molecule has 2 aromatic carbocycles. The zero-order valence-electron chi connectivity index (χ0n) is 15.2. The Morgan fingerprint density at radius 1 is 1.11 bits per heavy atom. The minimum absolute atomic E-state index is 0.0728. The van der Waals surface area contributed by atoms with Gasteiger partial charge in [0.1, 0.15) is 0 Å². The van der Waals surface area contributed by atoms with E-state index in [9.17, 15) is 22.0 Å². The average Bonchev–Trinajstić information content (AvgIpc) is 2.68. The molecule has 0 heterocycles. The van der Waals surface area contributed by atoms with Crippen molar-refractivity contribution >= 4 is 15.7 Å². The zero-order valence-corrected chi connectivity index (χ0v) is 16.0. The summed E-state index contributed by atoms with van der Waals surface area (Å²) in [6.07, 6.45) is 0.268. The number of alkyl halides is 2. The average molecular weight is 413 g/mol. The van der Waals surface area contributed by atoms with Gasteiger partial charge in [0.15, 0.2) is 21.3 Å². The molecule has 1 N–H and O–H groups in total. The van der Waals surface area contributed by atoms with Gasteiger partial charge in [-0.05, 0) is 36.2 Å². The highest BCUT2D eigenvalue weighted by Crippen LogP contribution is 2.29. The van der Waals surface area contributed by atoms with Gasteiger partial charge in [0, 0.05) is 13.0 Å². The summed E-state index contributed by atoms with van der Waals surface area (Å²) in [4.78, 5) is 12.1. The van der Waals surface area contributed by atoms with Crippen molar-refractivity contribution in [2.45, 2.75) is 24.3 Å². The molecular weight excluding hydrogens is 392 g/mol. The maximum atomic E-state index is 12.3. The molecule has 0 aliphatic carbocycles. The molecule has 0 bridgehead atoms. The first-order valence-electron chi connectivity index (χ1n) is 8.48. The molecule has 6 nitrogen and oxygen atoms in total. The van der Waals surface area contributed by atoms with Crippen LogP contribution in [-0.4, -0.2) is 40.3 Å². The third-order valence-corrected chi connectivity index (χ3v) is 5.61. The van der Waals surface area contributed by atoms with Crippen molar-refractivity contribution in [1.82, 2.24) is 5.32 Å². The Hall–Kier alpha value is -2.68. The van der Waals surface area contributed by atoms with E-state index in [1.54, 1.807) is 30.3 Å². The number of hydrogen-bond donors (Lipinski definition) is 1. The Morgan fingerprint density at radius 3 is 2.46 bits per heavy atom. The smallest absolute Gasteiger partial charge is 0.387 e. The topological polar surface area (TPSA) is 81.7 Å². The Balaban J connectivity index is 1.82. The SMILES string of the molecule is COc1cc(CCNC(=O)CCS(=O)(=O)c2ccccc2)ccc1OC(F)F. The second-order valence-corrected chi connectivity index (χ2v) is 7.95. The second kappa shape index (κ2) is 10.0. The van der Waals surface area contributed by atoms with E-state index in [1.807, 2.05) is 0 Å². The minimum atomic E-state index is -3.51. The quantitative estimate of drug-likeness (QED) is 0.648. The van der Waals surface area contributed by atoms with Gasteiger partial charge >= 0.3 is 6.61 Å². The second-order valence-electron chi connectivity index (χ2n) is 5.85. The van der Waals surface area contributed by atoms with E-state index in [1.165, 1.54) is 25.3 Å². The van der Waals surface area contributed by atoms with Gasteiger partial charge in [0.05, 0.1) is 17.8 Å². The molecule has 0 aromatic heterocycles. The van der Waals surface area contributed by atoms with Crippen LogP contribution in [0.3, 0.4) is 0 Å². The van der Waals surface area contributed by atoms with E-state index in [-0.39, 0.29) is 41.0 Å². The molecule has 0 atom stereocenters. The number of rotatable bonds is 10. The predicted molar refractivity (Wildman–Crippen MR) is 99.5 cm³/mol. The summed E-state index contributed by atoms with van der Waals surface area (Å²) in [5.74, 6) is -0.574. The van der Waals surface area contributed by atoms with Gasteiger partial charge in [-0.2, -0.15) is 8.78 Å². The summed E-state index contributed by atoms with van der Waals surface area (Å²) in [5.41, 5.74) is 0.746. The number of carbonyl (C=O) groups is 1. The van der Waals surface area contributed by atoms with E-state index in [0.29, 0.717) is 6.42 Å². The van der Waals surface area contributed by atoms with Gasteiger partial charge in [-0.3, -0.25) is 4.79 Å². The fraction of sp³-hybridized carbons (Fsp3) is 0.316. The van der Waals surface area contributed by atoms with Crippen LogP contribution in [0.4, 0.5) is 8.78 Å². The Bertz CT molecular complexity index is 888. The first kappa shape index (κ1) is 21.6. The van der Waals surface area contributed by atoms with Crippen molar-refractivity contribution in [2.24, 2.45) is 0 Å². The Labute approximate surface area is 162 Å². The van der Waals surface area contributed by atoms with Gasteiger partial charge < -0.3 is 14.8 Å². The predicted octanol–water partition coefficient (Wildman–Crippen LogP) is 2.82. The van der Waals surface area contributed by atoms with Gasteiger partial charge in [-0.15, -0.1) is 0 Å². The molecule has 28 heavy (non-hydrogen) atoms. The van der Waals surface area contributed by atoms with Gasteiger partial charge in [0.2, 0.25) is 5.91 Å². The number of carbonyl (C=O) groups excluding carboxylic acids is 1. The van der Waals surface area contributed by atoms with E-state index in [0.717, 1.165) is 5.56 Å². The van der Waals surface area contributed by atoms with Crippen molar-refractivity contribution in [3.8, 4) is 11.5 Å². The van der Waals surface area contributed by atoms with Crippen LogP contribution in [0.25, 0.3) is 0 Å². The number of benzene rings is 2. The third-order valence-electron chi connectivity index (χ3n) is 3.88. The zero-order chi connectivity index (χ0) is 20.6. The Kier molecular flexibility index (Phi) is 7.74. The lowest BCUT2D eigenvalue weighted by atomic mass is 10.1. The fourth-order valence-electron chi connectivity index (χ4n) is 2.47. The first-order valence-corrected chi connectivity index (χ1v) is 10.1. The monoisotopic (exact) mass is 413 g/mol. The number of amides is 1. The van der Waals surface area contributed by atoms with Crippen LogP contribution in [0.2, 0.25) is 0 Å². The molecule has 9 heteroatoms. The maximum Gasteiger partial charge on any atom is 0.387 e. The molecule has 152 valence electrons. The highest BCUT2D eigenvalue weighted by molar-refractivity contribution is 7.91. The van der Waals surface area contributed by atoms with E-state index in [2.05, 4.69) is 10.1 Å². The number of sulfone groups is 1. The van der Waals surface area contributed by atoms with Gasteiger partial charge in [0.25, 0.3) is 0 Å². The summed E-state index contributed by atoms with van der Waals surface area (Å²) in [5, 5.41) is 2.64. The molecule has 0 unspecified atom stereocenters. The van der Waals surface area contributed by atoms with Crippen molar-refractivity contribution in [3.05, 3.63) is 54.1 Å². The molecule has 0 fully saturated rings. The van der Waals surface area contributed by atoms with Crippen LogP contribution in [0.5, 0.6) is 11.5 Å². The fourth-order valence-corrected chi connectivity index (χ4v) is 3.73. The molecule has 0 aliphatic heterocycles. The summed E-state index contributed by atoms with van der Waals surface area (Å²) >= 11 is 0. The first-order chi connectivity index (χ1) is 13.3. The van der Waals surface area contributed by atoms with Crippen LogP contribution >= 0.6 is 0 Å². The van der Waals surface area contributed by atoms with Crippen LogP contribution < -0.4 is 14.8 Å². The van der Waals surface area contributed by atoms with Crippen molar-refractivity contribution < 1.29 is 31.5 Å². The largest absolute Gasteiger partial charge is 0.493 e. The number of hydrogen-bond acceptors (Lipinski definition) is 5. The standard InChI is InChI=1S/C19H21F2NO5S/c1-26-17-13-14(7-8-16(17)27-19(20)21)9-11-22-18(23)10-12-28(24,25)15-5-3-2-4-6-15/h2-8,13,19H,9-12H2,1H3,(H,22,23). The molecule has 0 saturated heterocycles. The molecule has 0 saturated carbocycles. The number of methoxy groups -OCH3 is 1. The van der Waals surface area contributed by atoms with Crippen LogP contribution in [0, 0.1) is 0 Å². The Morgan fingerprint density at radius 2 is 1.82 bits per heavy atom. The molecule has 1 amide bonds. The molecule has 0 spiro atoms. The highest BCUT2D eigenvalue weighted by atomic mass is 32.2. The minimum Gasteiger partial charge on any atom is -0.493 e. The van der Waals surface area contributed by atoms with Crippen LogP contribution in [0.1, 0.15) is 12.0 Å². The molecule has 0 radical (unpaired) electrons. The lowest BCUT2D eigenvalue weighted by Gasteiger charge is -2.12. The number of nitrogens with one attached hydrogen (secondary N) is 1. The van der Waals surface area contributed by atoms with Crippen LogP contribution in [-0.2, 0) is 21.1 Å². The summed E-state index contributed by atoms with van der Waals surface area (Å²) in [6, 6.07) is 12.4. The maximum absolute atomic E-state index is 12.3. The lowest BCUT2D eigenvalue weighted by Crippen LogP contribution is -2.27. The summed E-state index contributed by atoms with van der Waals surface area (Å²) in [7, 11) is -2.17. The van der Waals surface area contributed by atoms with Crippen LogP contribution in [0.15, 0.2) is 53.4 Å². The lowest BCUT2D eigenvalue weighted by molar-refractivity contribution is -0.120. The van der Waals surface area contributed by atoms with Crippen molar-refractivity contribution in [3.63, 3.8) is 0 Å². The van der Waals surface area contributed by atoms with Crippen molar-refractivity contribution in [1.29, 1.82) is 0 Å². The molecule has 2 rings (SSSR count). The van der Waals surface area contributed by atoms with Gasteiger partial charge in [-0.1, -0.05) is 24.3 Å². The van der Waals surface area contributed by atoms with E-state index in [4.69, 9.17) is 4.74 Å². The molecular formula is C19H21F2NO5S. The summed E-state index contributed by atoms with van der Waals surface area (Å²) < 4.78 is 58.3. The summed E-state index contributed by atoms with van der Waals surface area (Å²) in [6.45, 7) is -2.69. The van der Waals surface area contributed by atoms with E-state index >= 15 is 0 Å². The third kappa shape index (κ3) is 6.49. The van der Waals surface area contributed by atoms with E-state index < -0.39 is 16.4 Å².